The van der Waals surface area contributed by atoms with Gasteiger partial charge in [0.2, 0.25) is 0 Å². The van der Waals surface area contributed by atoms with Crippen LogP contribution in [0.15, 0.2) is 46.0 Å². The van der Waals surface area contributed by atoms with Crippen LogP contribution in [0.5, 0.6) is 5.75 Å². The molecule has 0 spiro atoms. The summed E-state index contributed by atoms with van der Waals surface area (Å²) >= 11 is 0. The zero-order chi connectivity index (χ0) is 18.6. The number of halogens is 1. The Kier molecular flexibility index (Phi) is 11.6. The first-order valence-electron chi connectivity index (χ1n) is 9.00. The number of ether oxygens (including phenoxy) is 2. The minimum Gasteiger partial charge on any atom is -0.491 e. The minimum absolute atomic E-state index is 0. The lowest BCUT2D eigenvalue weighted by atomic mass is 10.1. The number of furan rings is 1. The van der Waals surface area contributed by atoms with Crippen LogP contribution in [-0.2, 0) is 17.7 Å². The third kappa shape index (κ3) is 8.66. The van der Waals surface area contributed by atoms with Gasteiger partial charge in [0, 0.05) is 38.7 Å². The lowest BCUT2D eigenvalue weighted by molar-refractivity contribution is 0.110. The Morgan fingerprint density at radius 1 is 1.19 bits per heavy atom. The van der Waals surface area contributed by atoms with E-state index in [1.807, 2.05) is 19.1 Å². The minimum atomic E-state index is 0. The van der Waals surface area contributed by atoms with Gasteiger partial charge in [0.25, 0.3) is 0 Å². The number of rotatable bonds is 10. The van der Waals surface area contributed by atoms with E-state index in [-0.39, 0.29) is 24.0 Å². The summed E-state index contributed by atoms with van der Waals surface area (Å²) in [4.78, 5) is 4.26. The molecule has 0 aliphatic rings. The standard InChI is InChI=1S/C20H29N3O3.HI/c1-4-24-12-13-26-19-14-16(2)7-8-17(19)15-23-20(21-3)22-10-9-18-6-5-11-25-18;/h5-8,11,14H,4,9-10,12-13,15H2,1-3H3,(H2,21,22,23);1H. The molecule has 0 saturated carbocycles. The fourth-order valence-corrected chi connectivity index (χ4v) is 2.46. The van der Waals surface area contributed by atoms with E-state index in [2.05, 4.69) is 40.7 Å². The van der Waals surface area contributed by atoms with Gasteiger partial charge in [-0.05, 0) is 37.6 Å². The highest BCUT2D eigenvalue weighted by Gasteiger charge is 2.06. The van der Waals surface area contributed by atoms with Crippen molar-refractivity contribution in [2.75, 3.05) is 33.4 Å². The predicted octanol–water partition coefficient (Wildman–Crippen LogP) is 3.53. The number of nitrogens with one attached hydrogen (secondary N) is 2. The smallest absolute Gasteiger partial charge is 0.191 e. The first-order valence-corrected chi connectivity index (χ1v) is 9.00. The van der Waals surface area contributed by atoms with Gasteiger partial charge in [-0.3, -0.25) is 4.99 Å². The lowest BCUT2D eigenvalue weighted by Gasteiger charge is -2.15. The molecule has 1 aromatic heterocycles. The van der Waals surface area contributed by atoms with Crippen molar-refractivity contribution < 1.29 is 13.9 Å². The van der Waals surface area contributed by atoms with Crippen LogP contribution in [0.1, 0.15) is 23.8 Å². The van der Waals surface area contributed by atoms with Crippen molar-refractivity contribution in [2.24, 2.45) is 4.99 Å². The number of hydrogen-bond acceptors (Lipinski definition) is 4. The molecule has 2 rings (SSSR count). The van der Waals surface area contributed by atoms with E-state index in [1.54, 1.807) is 13.3 Å². The molecule has 0 aliphatic heterocycles. The summed E-state index contributed by atoms with van der Waals surface area (Å²) in [6, 6.07) is 10.1. The molecule has 2 N–H and O–H groups in total. The molecular weight excluding hydrogens is 457 g/mol. The number of benzene rings is 1. The number of guanidine groups is 1. The van der Waals surface area contributed by atoms with Crippen LogP contribution >= 0.6 is 24.0 Å². The fourth-order valence-electron chi connectivity index (χ4n) is 2.46. The van der Waals surface area contributed by atoms with Crippen LogP contribution in [-0.4, -0.2) is 39.4 Å². The Morgan fingerprint density at radius 3 is 2.74 bits per heavy atom. The Hall–Kier alpha value is -1.74. The maximum atomic E-state index is 5.88. The van der Waals surface area contributed by atoms with Gasteiger partial charge in [-0.1, -0.05) is 12.1 Å². The molecule has 0 bridgehead atoms. The molecule has 2 aromatic rings. The van der Waals surface area contributed by atoms with E-state index < -0.39 is 0 Å². The molecule has 6 nitrogen and oxygen atoms in total. The van der Waals surface area contributed by atoms with E-state index >= 15 is 0 Å². The molecule has 0 radical (unpaired) electrons. The molecule has 150 valence electrons. The van der Waals surface area contributed by atoms with Crippen LogP contribution in [0.4, 0.5) is 0 Å². The highest BCUT2D eigenvalue weighted by Crippen LogP contribution is 2.20. The number of hydrogen-bond donors (Lipinski definition) is 2. The number of aliphatic imine (C=N–C) groups is 1. The molecule has 7 heteroatoms. The van der Waals surface area contributed by atoms with E-state index in [0.717, 1.165) is 36.0 Å². The first-order chi connectivity index (χ1) is 12.7. The molecule has 0 aliphatic carbocycles. The quantitative estimate of drug-likeness (QED) is 0.232. The Balaban J connectivity index is 0.00000364. The van der Waals surface area contributed by atoms with Crippen molar-refractivity contribution in [3.05, 3.63) is 53.5 Å². The Bertz CT molecular complexity index is 675. The van der Waals surface area contributed by atoms with Gasteiger partial charge in [0.1, 0.15) is 18.1 Å². The SMILES string of the molecule is CCOCCOc1cc(C)ccc1CNC(=NC)NCCc1ccco1.I. The second-order valence-corrected chi connectivity index (χ2v) is 5.84. The molecule has 0 unspecified atom stereocenters. The van der Waals surface area contributed by atoms with Gasteiger partial charge in [-0.15, -0.1) is 24.0 Å². The zero-order valence-electron chi connectivity index (χ0n) is 16.3. The third-order valence-corrected chi connectivity index (χ3v) is 3.83. The molecule has 1 aromatic carbocycles. The summed E-state index contributed by atoms with van der Waals surface area (Å²) in [5.41, 5.74) is 2.25. The summed E-state index contributed by atoms with van der Waals surface area (Å²) in [5, 5.41) is 6.61. The van der Waals surface area contributed by atoms with Gasteiger partial charge >= 0.3 is 0 Å². The van der Waals surface area contributed by atoms with Crippen LogP contribution in [0.25, 0.3) is 0 Å². The van der Waals surface area contributed by atoms with Gasteiger partial charge in [-0.25, -0.2) is 0 Å². The summed E-state index contributed by atoms with van der Waals surface area (Å²) in [5.74, 6) is 2.58. The van der Waals surface area contributed by atoms with Crippen molar-refractivity contribution in [3.8, 4) is 5.75 Å². The molecule has 1 heterocycles. The Morgan fingerprint density at radius 2 is 2.04 bits per heavy atom. The second-order valence-electron chi connectivity index (χ2n) is 5.84. The van der Waals surface area contributed by atoms with Crippen LogP contribution in [0.2, 0.25) is 0 Å². The monoisotopic (exact) mass is 487 g/mol. The lowest BCUT2D eigenvalue weighted by Crippen LogP contribution is -2.37. The zero-order valence-corrected chi connectivity index (χ0v) is 18.6. The molecule has 0 fully saturated rings. The summed E-state index contributed by atoms with van der Waals surface area (Å²) in [6.45, 7) is 7.25. The summed E-state index contributed by atoms with van der Waals surface area (Å²) in [7, 11) is 1.76. The molecule has 27 heavy (non-hydrogen) atoms. The maximum absolute atomic E-state index is 5.88. The van der Waals surface area contributed by atoms with Crippen molar-refractivity contribution in [3.63, 3.8) is 0 Å². The maximum Gasteiger partial charge on any atom is 0.191 e. The van der Waals surface area contributed by atoms with Gasteiger partial charge < -0.3 is 24.5 Å². The molecular formula is C20H30IN3O3. The highest BCUT2D eigenvalue weighted by molar-refractivity contribution is 14.0. The highest BCUT2D eigenvalue weighted by atomic mass is 127. The van der Waals surface area contributed by atoms with E-state index in [1.165, 1.54) is 5.56 Å². The topological polar surface area (TPSA) is 68.0 Å². The summed E-state index contributed by atoms with van der Waals surface area (Å²) in [6.07, 6.45) is 2.50. The summed E-state index contributed by atoms with van der Waals surface area (Å²) < 4.78 is 16.5. The number of aryl methyl sites for hydroxylation is 1. The van der Waals surface area contributed by atoms with Gasteiger partial charge in [0.05, 0.1) is 12.9 Å². The van der Waals surface area contributed by atoms with Gasteiger partial charge in [-0.2, -0.15) is 0 Å². The van der Waals surface area contributed by atoms with Crippen molar-refractivity contribution >= 4 is 29.9 Å². The average molecular weight is 487 g/mol. The molecule has 0 saturated heterocycles. The first kappa shape index (κ1) is 23.3. The molecule has 0 amide bonds. The number of nitrogens with zero attached hydrogens (tertiary/aromatic N) is 1. The van der Waals surface area contributed by atoms with Crippen molar-refractivity contribution in [1.29, 1.82) is 0 Å². The largest absolute Gasteiger partial charge is 0.491 e. The van der Waals surface area contributed by atoms with E-state index in [9.17, 15) is 0 Å². The van der Waals surface area contributed by atoms with Crippen molar-refractivity contribution in [1.82, 2.24) is 10.6 Å². The van der Waals surface area contributed by atoms with Crippen LogP contribution in [0.3, 0.4) is 0 Å². The van der Waals surface area contributed by atoms with Crippen LogP contribution in [0, 0.1) is 6.92 Å². The fraction of sp³-hybridized carbons (Fsp3) is 0.450. The second kappa shape index (κ2) is 13.4. The van der Waals surface area contributed by atoms with E-state index in [0.29, 0.717) is 26.4 Å². The van der Waals surface area contributed by atoms with E-state index in [4.69, 9.17) is 13.9 Å². The Labute approximate surface area is 178 Å². The van der Waals surface area contributed by atoms with Crippen LogP contribution < -0.4 is 15.4 Å². The third-order valence-electron chi connectivity index (χ3n) is 3.83. The molecule has 0 atom stereocenters. The van der Waals surface area contributed by atoms with Crippen molar-refractivity contribution in [2.45, 2.75) is 26.8 Å². The normalized spacial score (nSPS) is 11.0. The van der Waals surface area contributed by atoms with Gasteiger partial charge in [0.15, 0.2) is 5.96 Å². The average Bonchev–Trinajstić information content (AvgIpc) is 3.16. The predicted molar refractivity (Wildman–Crippen MR) is 119 cm³/mol.